The Hall–Kier alpha value is -1.16. The third-order valence-corrected chi connectivity index (χ3v) is 2.76. The fourth-order valence-corrected chi connectivity index (χ4v) is 1.58. The van der Waals surface area contributed by atoms with E-state index >= 15 is 0 Å². The lowest BCUT2D eigenvalue weighted by molar-refractivity contribution is 0.222. The second kappa shape index (κ2) is 8.10. The van der Waals surface area contributed by atoms with Gasteiger partial charge in [-0.2, -0.15) is 0 Å². The van der Waals surface area contributed by atoms with Crippen molar-refractivity contribution in [2.75, 3.05) is 18.4 Å². The summed E-state index contributed by atoms with van der Waals surface area (Å²) < 4.78 is 0.119. The van der Waals surface area contributed by atoms with Gasteiger partial charge >= 0.3 is 6.03 Å². The lowest BCUT2D eigenvalue weighted by Crippen LogP contribution is -2.35. The first-order valence-electron chi connectivity index (χ1n) is 5.46. The Morgan fingerprint density at radius 1 is 1.26 bits per heavy atom. The fraction of sp³-hybridized carbons (Fsp3) is 0.154. The van der Waals surface area contributed by atoms with Gasteiger partial charge in [-0.15, -0.1) is 6.58 Å². The standard InChI is InChI=1S/C13H13Cl3N2O/c1-2-8-18(9-7-12(15)16)13(19)17-11-5-3-10(14)4-6-11/h2-7H,1,8-9H2,(H,17,19). The van der Waals surface area contributed by atoms with E-state index in [-0.39, 0.29) is 10.5 Å². The fourth-order valence-electron chi connectivity index (χ4n) is 1.31. The molecule has 1 aromatic carbocycles. The number of hydrogen-bond acceptors (Lipinski definition) is 1. The predicted molar refractivity (Wildman–Crippen MR) is 82.0 cm³/mol. The van der Waals surface area contributed by atoms with Crippen LogP contribution >= 0.6 is 34.8 Å². The smallest absolute Gasteiger partial charge is 0.317 e. The lowest BCUT2D eigenvalue weighted by atomic mass is 10.3. The molecule has 0 bridgehead atoms. The van der Waals surface area contributed by atoms with Crippen molar-refractivity contribution in [2.24, 2.45) is 0 Å². The number of amides is 2. The van der Waals surface area contributed by atoms with Crippen LogP contribution in [0.15, 0.2) is 47.5 Å². The second-order valence-corrected chi connectivity index (χ2v) is 5.07. The van der Waals surface area contributed by atoms with E-state index in [1.165, 1.54) is 11.0 Å². The SMILES string of the molecule is C=CCN(CC=C(Cl)Cl)C(=O)Nc1ccc(Cl)cc1. The average molecular weight is 320 g/mol. The zero-order valence-electron chi connectivity index (χ0n) is 10.1. The molecule has 0 unspecified atom stereocenters. The minimum absolute atomic E-state index is 0.119. The van der Waals surface area contributed by atoms with Crippen LogP contribution in [0.1, 0.15) is 0 Å². The molecular formula is C13H13Cl3N2O. The Bertz CT molecular complexity index is 467. The van der Waals surface area contributed by atoms with E-state index in [4.69, 9.17) is 34.8 Å². The number of benzene rings is 1. The maximum absolute atomic E-state index is 12.0. The summed E-state index contributed by atoms with van der Waals surface area (Å²) in [7, 11) is 0. The molecule has 0 spiro atoms. The number of nitrogens with zero attached hydrogens (tertiary/aromatic N) is 1. The molecule has 0 saturated heterocycles. The average Bonchev–Trinajstić information content (AvgIpc) is 2.37. The maximum atomic E-state index is 12.0. The van der Waals surface area contributed by atoms with Gasteiger partial charge in [-0.05, 0) is 30.3 Å². The third-order valence-electron chi connectivity index (χ3n) is 2.20. The first-order chi connectivity index (χ1) is 9.02. The molecule has 1 rings (SSSR count). The summed E-state index contributed by atoms with van der Waals surface area (Å²) in [6, 6.07) is 6.57. The van der Waals surface area contributed by atoms with Gasteiger partial charge < -0.3 is 10.2 Å². The van der Waals surface area contributed by atoms with E-state index in [2.05, 4.69) is 11.9 Å². The highest BCUT2D eigenvalue weighted by Crippen LogP contribution is 2.14. The quantitative estimate of drug-likeness (QED) is 0.785. The molecule has 0 fully saturated rings. The van der Waals surface area contributed by atoms with Gasteiger partial charge in [0.15, 0.2) is 0 Å². The van der Waals surface area contributed by atoms with Crippen LogP contribution in [0, 0.1) is 0 Å². The molecule has 0 radical (unpaired) electrons. The molecule has 0 saturated carbocycles. The molecule has 0 aliphatic heterocycles. The molecule has 0 atom stereocenters. The first kappa shape index (κ1) is 15.9. The molecule has 3 nitrogen and oxygen atoms in total. The molecule has 19 heavy (non-hydrogen) atoms. The first-order valence-corrected chi connectivity index (χ1v) is 6.60. The van der Waals surface area contributed by atoms with Crippen LogP contribution in [0.2, 0.25) is 5.02 Å². The van der Waals surface area contributed by atoms with Crippen molar-refractivity contribution in [3.63, 3.8) is 0 Å². The van der Waals surface area contributed by atoms with Crippen molar-refractivity contribution < 1.29 is 4.79 Å². The number of urea groups is 1. The molecule has 1 N–H and O–H groups in total. The zero-order valence-corrected chi connectivity index (χ0v) is 12.3. The van der Waals surface area contributed by atoms with Crippen molar-refractivity contribution in [1.29, 1.82) is 0 Å². The summed E-state index contributed by atoms with van der Waals surface area (Å²) in [5, 5.41) is 3.35. The van der Waals surface area contributed by atoms with Crippen molar-refractivity contribution in [2.45, 2.75) is 0 Å². The highest BCUT2D eigenvalue weighted by Gasteiger charge is 2.10. The van der Waals surface area contributed by atoms with Crippen LogP contribution in [0.25, 0.3) is 0 Å². The highest BCUT2D eigenvalue weighted by molar-refractivity contribution is 6.55. The zero-order chi connectivity index (χ0) is 14.3. The number of halogens is 3. The van der Waals surface area contributed by atoms with E-state index in [0.29, 0.717) is 23.8 Å². The minimum atomic E-state index is -0.270. The van der Waals surface area contributed by atoms with E-state index < -0.39 is 0 Å². The van der Waals surface area contributed by atoms with Crippen molar-refractivity contribution in [1.82, 2.24) is 4.90 Å². The molecule has 6 heteroatoms. The molecule has 0 heterocycles. The number of hydrogen-bond donors (Lipinski definition) is 1. The number of carbonyl (C=O) groups excluding carboxylic acids is 1. The van der Waals surface area contributed by atoms with Gasteiger partial charge in [0.05, 0.1) is 0 Å². The summed E-state index contributed by atoms with van der Waals surface area (Å²) in [5.74, 6) is 0. The molecule has 102 valence electrons. The summed E-state index contributed by atoms with van der Waals surface area (Å²) in [4.78, 5) is 13.5. The molecular weight excluding hydrogens is 307 g/mol. The van der Waals surface area contributed by atoms with Crippen molar-refractivity contribution in [3.05, 3.63) is 52.5 Å². The summed E-state index contributed by atoms with van der Waals surface area (Å²) >= 11 is 16.8. The summed E-state index contributed by atoms with van der Waals surface area (Å²) in [6.45, 7) is 4.29. The Morgan fingerprint density at radius 2 is 1.89 bits per heavy atom. The van der Waals surface area contributed by atoms with Gasteiger partial charge in [0, 0.05) is 23.8 Å². The molecule has 2 amide bonds. The number of rotatable bonds is 5. The largest absolute Gasteiger partial charge is 0.322 e. The Balaban J connectivity index is 2.68. The third kappa shape index (κ3) is 6.01. The Morgan fingerprint density at radius 3 is 2.42 bits per heavy atom. The van der Waals surface area contributed by atoms with Crippen molar-refractivity contribution in [3.8, 4) is 0 Å². The van der Waals surface area contributed by atoms with Gasteiger partial charge in [-0.25, -0.2) is 4.79 Å². The number of nitrogens with one attached hydrogen (secondary N) is 1. The minimum Gasteiger partial charge on any atom is -0.317 e. The monoisotopic (exact) mass is 318 g/mol. The Labute approximate surface area is 127 Å². The lowest BCUT2D eigenvalue weighted by Gasteiger charge is -2.20. The summed E-state index contributed by atoms with van der Waals surface area (Å²) in [6.07, 6.45) is 3.16. The van der Waals surface area contributed by atoms with Crippen LogP contribution in [-0.4, -0.2) is 24.0 Å². The van der Waals surface area contributed by atoms with Crippen LogP contribution < -0.4 is 5.32 Å². The van der Waals surface area contributed by atoms with Crippen LogP contribution in [-0.2, 0) is 0 Å². The van der Waals surface area contributed by atoms with E-state index in [9.17, 15) is 4.79 Å². The van der Waals surface area contributed by atoms with Crippen LogP contribution in [0.4, 0.5) is 10.5 Å². The molecule has 0 aromatic heterocycles. The van der Waals surface area contributed by atoms with Crippen LogP contribution in [0.3, 0.4) is 0 Å². The van der Waals surface area contributed by atoms with Crippen molar-refractivity contribution >= 4 is 46.5 Å². The molecule has 0 aliphatic carbocycles. The highest BCUT2D eigenvalue weighted by atomic mass is 35.5. The van der Waals surface area contributed by atoms with Crippen LogP contribution in [0.5, 0.6) is 0 Å². The second-order valence-electron chi connectivity index (χ2n) is 3.62. The van der Waals surface area contributed by atoms with Gasteiger partial charge in [-0.3, -0.25) is 0 Å². The molecule has 1 aromatic rings. The maximum Gasteiger partial charge on any atom is 0.322 e. The number of anilines is 1. The van der Waals surface area contributed by atoms with Gasteiger partial charge in [-0.1, -0.05) is 40.9 Å². The Kier molecular flexibility index (Phi) is 6.78. The normalized spacial score (nSPS) is 9.63. The van der Waals surface area contributed by atoms with E-state index in [1.54, 1.807) is 30.3 Å². The topological polar surface area (TPSA) is 32.3 Å². The number of carbonyl (C=O) groups is 1. The summed E-state index contributed by atoms with van der Waals surface area (Å²) in [5.41, 5.74) is 0.657. The van der Waals surface area contributed by atoms with Gasteiger partial charge in [0.1, 0.15) is 4.49 Å². The molecule has 0 aliphatic rings. The van der Waals surface area contributed by atoms with E-state index in [0.717, 1.165) is 0 Å². The predicted octanol–water partition coefficient (Wildman–Crippen LogP) is 4.68. The van der Waals surface area contributed by atoms with Gasteiger partial charge in [0.2, 0.25) is 0 Å². The van der Waals surface area contributed by atoms with Gasteiger partial charge in [0.25, 0.3) is 0 Å². The van der Waals surface area contributed by atoms with E-state index in [1.807, 2.05) is 0 Å².